The Bertz CT molecular complexity index is 955. The normalized spacial score (nSPS) is 28.9. The van der Waals surface area contributed by atoms with E-state index in [1.807, 2.05) is 51.2 Å². The molecule has 0 bridgehead atoms. The van der Waals surface area contributed by atoms with Crippen LogP contribution in [0.1, 0.15) is 72.6 Å². The third kappa shape index (κ3) is 10.8. The Hall–Kier alpha value is -2.81. The van der Waals surface area contributed by atoms with Gasteiger partial charge in [-0.1, -0.05) is 44.6 Å². The number of amides is 2. The van der Waals surface area contributed by atoms with E-state index >= 15 is 0 Å². The molecule has 0 saturated carbocycles. The highest BCUT2D eigenvalue weighted by atomic mass is 16.6. The van der Waals surface area contributed by atoms with Crippen LogP contribution in [-0.4, -0.2) is 97.5 Å². The van der Waals surface area contributed by atoms with E-state index in [2.05, 4.69) is 18.9 Å². The van der Waals surface area contributed by atoms with Crippen molar-refractivity contribution in [2.75, 3.05) is 46.4 Å². The van der Waals surface area contributed by atoms with Crippen LogP contribution in [0.4, 0.5) is 9.59 Å². The summed E-state index contributed by atoms with van der Waals surface area (Å²) in [5.41, 5.74) is 0.921. The Morgan fingerprint density at radius 3 is 2.49 bits per heavy atom. The van der Waals surface area contributed by atoms with Crippen molar-refractivity contribution in [2.24, 2.45) is 11.8 Å². The smallest absolute Gasteiger partial charge is 0.410 e. The molecule has 41 heavy (non-hydrogen) atoms. The molecule has 0 unspecified atom stereocenters. The largest absolute Gasteiger partial charge is 0.457 e. The minimum Gasteiger partial charge on any atom is -0.457 e. The minimum atomic E-state index is -0.429. The average molecular weight is 574 g/mol. The summed E-state index contributed by atoms with van der Waals surface area (Å²) in [6.45, 7) is 12.2. The summed E-state index contributed by atoms with van der Waals surface area (Å²) in [7, 11) is 2.06. The number of ether oxygens (including phenoxy) is 3. The van der Waals surface area contributed by atoms with E-state index < -0.39 is 6.10 Å². The second kappa shape index (κ2) is 16.6. The number of piperazine rings is 1. The van der Waals surface area contributed by atoms with Crippen molar-refractivity contribution >= 4 is 18.2 Å². The van der Waals surface area contributed by atoms with Gasteiger partial charge in [0.2, 0.25) is 0 Å². The molecule has 5 atom stereocenters. The third-order valence-electron chi connectivity index (χ3n) is 8.25. The fourth-order valence-corrected chi connectivity index (χ4v) is 5.43. The topological polar surface area (TPSA) is 88.6 Å². The van der Waals surface area contributed by atoms with Crippen molar-refractivity contribution in [3.63, 3.8) is 0 Å². The molecule has 0 radical (unpaired) electrons. The van der Waals surface area contributed by atoms with Gasteiger partial charge in [0.15, 0.2) is 0 Å². The van der Waals surface area contributed by atoms with Gasteiger partial charge in [0, 0.05) is 57.0 Å². The number of esters is 1. The van der Waals surface area contributed by atoms with Gasteiger partial charge in [-0.05, 0) is 64.6 Å². The summed E-state index contributed by atoms with van der Waals surface area (Å²) in [5.74, 6) is -0.247. The van der Waals surface area contributed by atoms with Crippen LogP contribution >= 0.6 is 0 Å². The number of cyclic esters (lactones) is 1. The SMILES string of the molecule is C/C(=C\C=C\[C@@H](C)COC(=O)N1CCC[C@H]1C)[C@H]1OC(=O)CCCCC[C@@H](OC(=O)N2CCN(C)CC2)/C=C\[C@@H]1C. The third-order valence-corrected chi connectivity index (χ3v) is 8.25. The first kappa shape index (κ1) is 32.7. The van der Waals surface area contributed by atoms with Gasteiger partial charge < -0.3 is 28.9 Å². The van der Waals surface area contributed by atoms with Crippen molar-refractivity contribution < 1.29 is 28.6 Å². The van der Waals surface area contributed by atoms with Gasteiger partial charge in [-0.2, -0.15) is 0 Å². The number of likely N-dealkylation sites (N-methyl/N-ethyl adjacent to an activating group) is 1. The molecule has 2 saturated heterocycles. The first-order chi connectivity index (χ1) is 19.6. The molecule has 3 rings (SSSR count). The second-order valence-corrected chi connectivity index (χ2v) is 12.0. The molecule has 3 heterocycles. The molecule has 3 aliphatic heterocycles. The molecule has 0 spiro atoms. The molecule has 2 fully saturated rings. The number of hydrogen-bond acceptors (Lipinski definition) is 7. The number of nitrogens with zero attached hydrogens (tertiary/aromatic N) is 3. The summed E-state index contributed by atoms with van der Waals surface area (Å²) in [5, 5.41) is 0. The van der Waals surface area contributed by atoms with Crippen molar-refractivity contribution in [1.82, 2.24) is 14.7 Å². The van der Waals surface area contributed by atoms with Gasteiger partial charge in [-0.25, -0.2) is 9.59 Å². The van der Waals surface area contributed by atoms with Crippen LogP contribution in [0.15, 0.2) is 36.0 Å². The number of carbonyl (C=O) groups excluding carboxylic acids is 3. The Morgan fingerprint density at radius 1 is 1.02 bits per heavy atom. The van der Waals surface area contributed by atoms with E-state index in [0.29, 0.717) is 26.1 Å². The van der Waals surface area contributed by atoms with Gasteiger partial charge in [-0.15, -0.1) is 0 Å². The van der Waals surface area contributed by atoms with Crippen LogP contribution in [0, 0.1) is 11.8 Å². The minimum absolute atomic E-state index is 0.0489. The molecule has 230 valence electrons. The quantitative estimate of drug-likeness (QED) is 0.178. The highest BCUT2D eigenvalue weighted by Gasteiger charge is 2.27. The summed E-state index contributed by atoms with van der Waals surface area (Å²) < 4.78 is 17.4. The van der Waals surface area contributed by atoms with Gasteiger partial charge in [-0.3, -0.25) is 4.79 Å². The summed E-state index contributed by atoms with van der Waals surface area (Å²) in [4.78, 5) is 43.5. The standard InChI is InChI=1S/C32H51N3O6/c1-24(23-39-32(38)35-18-10-13-27(35)4)11-9-12-25(2)30-26(3)16-17-28(14-7-6-8-15-29(36)41-30)40-31(37)34-21-19-33(5)20-22-34/h9,11-12,16-17,24,26-28,30H,6-8,10,13-15,18-23H2,1-5H3/b11-9+,17-16-,25-12+/t24-,26+,27-,28-,30-/m1/s1. The van der Waals surface area contributed by atoms with Crippen LogP contribution < -0.4 is 0 Å². The molecule has 0 aromatic heterocycles. The van der Waals surface area contributed by atoms with E-state index in [4.69, 9.17) is 14.2 Å². The van der Waals surface area contributed by atoms with Crippen LogP contribution in [0.3, 0.4) is 0 Å². The van der Waals surface area contributed by atoms with Crippen molar-refractivity contribution in [3.05, 3.63) is 36.0 Å². The lowest BCUT2D eigenvalue weighted by atomic mass is 9.95. The van der Waals surface area contributed by atoms with Gasteiger partial charge in [0.05, 0.1) is 6.61 Å². The molecule has 0 aromatic rings. The Labute approximate surface area is 246 Å². The number of rotatable bonds is 6. The molecular formula is C32H51N3O6. The van der Waals surface area contributed by atoms with Crippen LogP contribution in [0.25, 0.3) is 0 Å². The molecule has 2 amide bonds. The maximum absolute atomic E-state index is 12.8. The van der Waals surface area contributed by atoms with E-state index in [1.54, 1.807) is 9.80 Å². The van der Waals surface area contributed by atoms with E-state index in [-0.39, 0.29) is 42.1 Å². The molecule has 9 nitrogen and oxygen atoms in total. The van der Waals surface area contributed by atoms with Gasteiger partial charge in [0.1, 0.15) is 12.2 Å². The molecule has 9 heteroatoms. The molecule has 3 aliphatic rings. The van der Waals surface area contributed by atoms with Crippen LogP contribution in [0.2, 0.25) is 0 Å². The highest BCUT2D eigenvalue weighted by molar-refractivity contribution is 5.70. The molecular weight excluding hydrogens is 522 g/mol. The fraction of sp³-hybridized carbons (Fsp3) is 0.719. The molecule has 0 N–H and O–H groups in total. The monoisotopic (exact) mass is 573 g/mol. The van der Waals surface area contributed by atoms with Crippen LogP contribution in [0.5, 0.6) is 0 Å². The maximum atomic E-state index is 12.8. The zero-order valence-electron chi connectivity index (χ0n) is 25.8. The number of hydrogen-bond donors (Lipinski definition) is 0. The van der Waals surface area contributed by atoms with Crippen molar-refractivity contribution in [1.29, 1.82) is 0 Å². The van der Waals surface area contributed by atoms with Gasteiger partial charge >= 0.3 is 18.2 Å². The number of carbonyl (C=O) groups is 3. The highest BCUT2D eigenvalue weighted by Crippen LogP contribution is 2.23. The maximum Gasteiger partial charge on any atom is 0.410 e. The van der Waals surface area contributed by atoms with Gasteiger partial charge in [0.25, 0.3) is 0 Å². The number of likely N-dealkylation sites (tertiary alicyclic amines) is 1. The summed E-state index contributed by atoms with van der Waals surface area (Å²) in [6.07, 6.45) is 14.3. The van der Waals surface area contributed by atoms with Crippen LogP contribution in [-0.2, 0) is 19.0 Å². The van der Waals surface area contributed by atoms with Crippen molar-refractivity contribution in [2.45, 2.75) is 90.9 Å². The Kier molecular flexibility index (Phi) is 13.2. The van der Waals surface area contributed by atoms with E-state index in [9.17, 15) is 14.4 Å². The Balaban J connectivity index is 1.59. The Morgan fingerprint density at radius 2 is 1.78 bits per heavy atom. The fourth-order valence-electron chi connectivity index (χ4n) is 5.43. The zero-order chi connectivity index (χ0) is 29.8. The second-order valence-electron chi connectivity index (χ2n) is 12.0. The lowest BCUT2D eigenvalue weighted by molar-refractivity contribution is -0.148. The molecule has 0 aromatic carbocycles. The average Bonchev–Trinajstić information content (AvgIpc) is 3.38. The zero-order valence-corrected chi connectivity index (χ0v) is 25.8. The van der Waals surface area contributed by atoms with E-state index in [0.717, 1.165) is 63.7 Å². The summed E-state index contributed by atoms with van der Waals surface area (Å²) >= 11 is 0. The van der Waals surface area contributed by atoms with Crippen molar-refractivity contribution in [3.8, 4) is 0 Å². The number of allylic oxidation sites excluding steroid dienone is 2. The lowest BCUT2D eigenvalue weighted by Gasteiger charge is -2.32. The first-order valence-electron chi connectivity index (χ1n) is 15.4. The van der Waals surface area contributed by atoms with E-state index in [1.165, 1.54) is 0 Å². The first-order valence-corrected chi connectivity index (χ1v) is 15.4. The predicted molar refractivity (Wildman–Crippen MR) is 159 cm³/mol. The summed E-state index contributed by atoms with van der Waals surface area (Å²) in [6, 6.07) is 0.239. The predicted octanol–water partition coefficient (Wildman–Crippen LogP) is 5.57. The molecule has 0 aliphatic carbocycles. The lowest BCUT2D eigenvalue weighted by Crippen LogP contribution is -2.47.